The van der Waals surface area contributed by atoms with Crippen LogP contribution in [0.15, 0.2) is 243 Å². The Kier molecular flexibility index (Phi) is 24.7. The number of carbonyl (C=O) groups is 1. The van der Waals surface area contributed by atoms with Gasteiger partial charge in [0.25, 0.3) is 0 Å². The van der Waals surface area contributed by atoms with Gasteiger partial charge in [-0.2, -0.15) is 0 Å². The summed E-state index contributed by atoms with van der Waals surface area (Å²) in [6.45, 7) is 0.113. The van der Waals surface area contributed by atoms with Gasteiger partial charge in [0.05, 0.1) is 0 Å². The number of carbonyl (C=O) groups excluding carboxylic acids is 1. The normalized spacial score (nSPS) is 10.4. The molecule has 8 aromatic carbocycles. The zero-order valence-electron chi connectivity index (χ0n) is 36.3. The molecule has 0 aliphatic carbocycles. The van der Waals surface area contributed by atoms with Gasteiger partial charge in [-0.1, -0.05) is 243 Å². The number of esters is 1. The quantitative estimate of drug-likeness (QED) is 0.0449. The van der Waals surface area contributed by atoms with Crippen molar-refractivity contribution in [3.63, 3.8) is 0 Å². The van der Waals surface area contributed by atoms with Crippen molar-refractivity contribution >= 4 is 89.5 Å². The fourth-order valence-corrected chi connectivity index (χ4v) is 18.4. The van der Waals surface area contributed by atoms with Crippen LogP contribution in [-0.4, -0.2) is 44.3 Å². The van der Waals surface area contributed by atoms with Gasteiger partial charge in [0.15, 0.2) is 0 Å². The Hall–Kier alpha value is -3.63. The number of rotatable bonds is 15. The molecule has 0 N–H and O–H groups in total. The van der Waals surface area contributed by atoms with E-state index in [4.69, 9.17) is 9.42 Å². The molecular weight excluding hydrogens is 1090 g/mol. The Labute approximate surface area is 420 Å². The van der Waals surface area contributed by atoms with Gasteiger partial charge in [-0.25, -0.2) is 0 Å². The van der Waals surface area contributed by atoms with Gasteiger partial charge in [-0.15, -0.1) is 0 Å². The Morgan fingerprint density at radius 1 is 0.385 bits per heavy atom. The molecular formula is C55H53ClIMoNO2P4. The van der Waals surface area contributed by atoms with Gasteiger partial charge in [0.1, 0.15) is 0 Å². The number of ether oxygens (including phenoxy) is 1. The molecule has 10 heteroatoms. The summed E-state index contributed by atoms with van der Waals surface area (Å²) in [6.07, 6.45) is 4.83. The van der Waals surface area contributed by atoms with E-state index in [0.29, 0.717) is 0 Å². The van der Waals surface area contributed by atoms with Crippen LogP contribution >= 0.6 is 41.1 Å². The summed E-state index contributed by atoms with van der Waals surface area (Å²) in [5.41, 5.74) is 0. The van der Waals surface area contributed by atoms with Crippen molar-refractivity contribution in [3.8, 4) is 0 Å². The molecule has 0 fully saturated rings. The number of benzene rings is 8. The number of hydrogen-bond donors (Lipinski definition) is 0. The molecule has 330 valence electrons. The van der Waals surface area contributed by atoms with Crippen LogP contribution in [0.3, 0.4) is 0 Å². The van der Waals surface area contributed by atoms with E-state index in [1.165, 1.54) is 74.2 Å². The van der Waals surface area contributed by atoms with Crippen LogP contribution < -0.4 is 66.4 Å². The predicted octanol–water partition coefficient (Wildman–Crippen LogP) is 8.19. The van der Waals surface area contributed by atoms with Gasteiger partial charge >= 0.3 is 59.0 Å². The number of halogens is 2. The van der Waals surface area contributed by atoms with Crippen molar-refractivity contribution < 1.29 is 50.7 Å². The molecule has 0 heterocycles. The van der Waals surface area contributed by atoms with Crippen LogP contribution in [-0.2, 0) is 26.7 Å². The van der Waals surface area contributed by atoms with Crippen LogP contribution in [0.5, 0.6) is 0 Å². The van der Waals surface area contributed by atoms with Crippen molar-refractivity contribution in [2.24, 2.45) is 0 Å². The van der Waals surface area contributed by atoms with Crippen molar-refractivity contribution in [3.05, 3.63) is 246 Å². The Morgan fingerprint density at radius 3 is 0.692 bits per heavy atom. The molecule has 0 aromatic heterocycles. The van der Waals surface area contributed by atoms with E-state index in [-0.39, 0.29) is 68.2 Å². The summed E-state index contributed by atoms with van der Waals surface area (Å²) in [4.78, 5) is 10.2. The fraction of sp³-hybridized carbons (Fsp3) is 0.109. The third-order valence-electron chi connectivity index (χ3n) is 10.1. The van der Waals surface area contributed by atoms with Gasteiger partial charge in [0, 0.05) is 0 Å². The monoisotopic (exact) mass is 1140 g/mol. The van der Waals surface area contributed by atoms with Crippen LogP contribution in [0, 0.1) is 0 Å². The van der Waals surface area contributed by atoms with Gasteiger partial charge < -0.3 is 24.0 Å². The third kappa shape index (κ3) is 17.5. The summed E-state index contributed by atoms with van der Waals surface area (Å²) in [7, 11) is 5.19. The number of methoxy groups -OCH3 is 1. The molecule has 0 saturated heterocycles. The molecule has 8 aromatic rings. The average Bonchev–Trinajstić information content (AvgIpc) is 3.38. The smallest absolute Gasteiger partial charge is 0.0195 e. The number of nitrogens with zero attached hydrogens (tertiary/aromatic N) is 1. The van der Waals surface area contributed by atoms with E-state index in [2.05, 4.69) is 251 Å². The summed E-state index contributed by atoms with van der Waals surface area (Å²) >= 11 is -0.778. The second-order valence-electron chi connectivity index (χ2n) is 14.2. The van der Waals surface area contributed by atoms with Gasteiger partial charge in [0.2, 0.25) is 0 Å². The van der Waals surface area contributed by atoms with Crippen molar-refractivity contribution in [1.29, 1.82) is 0 Å². The predicted molar refractivity (Wildman–Crippen MR) is 282 cm³/mol. The zero-order valence-corrected chi connectivity index (χ0v) is 44.8. The molecule has 0 unspecified atom stereocenters. The molecule has 0 amide bonds. The summed E-state index contributed by atoms with van der Waals surface area (Å²) in [5.74, 6) is -0.323. The maximum Gasteiger partial charge on any atom is -0.0195 e. The fourth-order valence-electron chi connectivity index (χ4n) is 7.03. The van der Waals surface area contributed by atoms with E-state index < -0.39 is 17.2 Å². The molecule has 8 rings (SSSR count). The molecule has 0 aliphatic heterocycles. The Morgan fingerprint density at radius 2 is 0.554 bits per heavy atom. The largest absolute Gasteiger partial charge is 1.00 e. The van der Waals surface area contributed by atoms with E-state index >= 15 is 0 Å². The minimum absolute atomic E-state index is 0. The van der Waals surface area contributed by atoms with E-state index in [9.17, 15) is 4.79 Å². The third-order valence-corrected chi connectivity index (χ3v) is 22.0. The maximum absolute atomic E-state index is 10.2. The minimum atomic E-state index is -0.778. The topological polar surface area (TPSA) is 30.7 Å². The maximum atomic E-state index is 10.2. The first kappa shape index (κ1) is 52.3. The van der Waals surface area contributed by atoms with Crippen LogP contribution in [0.1, 0.15) is 0 Å². The first-order valence-corrected chi connectivity index (χ1v) is 30.8. The summed E-state index contributed by atoms with van der Waals surface area (Å²) in [5, 5.41) is 11.8. The SMILES string of the molecule is COC(=O)C[N+]#[Mo][Cl].[I-].c1ccc(P(CCP(c2ccccc2)c2ccccc2)c2ccccc2)cc1.c1ccc(P(CCP(c2ccccc2)c2ccccc2)c2ccccc2)cc1. The zero-order chi connectivity index (χ0) is 44.4. The average molecular weight is 1140 g/mol. The van der Waals surface area contributed by atoms with Crippen molar-refractivity contribution in [2.75, 3.05) is 38.3 Å². The van der Waals surface area contributed by atoms with E-state index in [1.54, 1.807) is 0 Å². The van der Waals surface area contributed by atoms with Gasteiger partial charge in [-0.05, 0) is 98.8 Å². The second-order valence-corrected chi connectivity index (χ2v) is 25.4. The van der Waals surface area contributed by atoms with Crippen LogP contribution in [0.25, 0.3) is 3.31 Å². The molecule has 0 bridgehead atoms. The van der Waals surface area contributed by atoms with E-state index in [1.807, 2.05) is 0 Å². The molecule has 0 spiro atoms. The molecule has 0 aliphatic rings. The standard InChI is InChI=1S/2C26H24P2.C3H5NO2.ClH.HI.Mo/c2*1-5-13-23(14-6-1)27(24-15-7-2-8-16-24)21-22-28(25-17-9-3-10-18-25)26-19-11-4-12-20-26;1-6-3(5)2-4;;;/h2*1-20H,21-22H2;2H2,1H3;2*1H;/q;;+1;;;+1/p-2. The van der Waals surface area contributed by atoms with Crippen LogP contribution in [0.2, 0.25) is 0 Å². The first-order chi connectivity index (χ1) is 31.6. The minimum Gasteiger partial charge on any atom is -1.00 e. The molecule has 0 atom stereocenters. The molecule has 0 radical (unpaired) electrons. The Bertz CT molecular complexity index is 2080. The first-order valence-electron chi connectivity index (χ1n) is 21.2. The summed E-state index contributed by atoms with van der Waals surface area (Å²) in [6, 6.07) is 88.4. The van der Waals surface area contributed by atoms with Crippen molar-refractivity contribution in [1.82, 2.24) is 0 Å². The molecule has 65 heavy (non-hydrogen) atoms. The van der Waals surface area contributed by atoms with Crippen LogP contribution in [0.4, 0.5) is 0 Å². The Balaban J connectivity index is 0.000000207. The van der Waals surface area contributed by atoms with Gasteiger partial charge in [-0.3, -0.25) is 0 Å². The number of hydrogen-bond acceptors (Lipinski definition) is 2. The second kappa shape index (κ2) is 30.6. The van der Waals surface area contributed by atoms with E-state index in [0.717, 1.165) is 0 Å². The molecule has 0 saturated carbocycles. The summed E-state index contributed by atoms with van der Waals surface area (Å²) < 4.78 is 7.95. The molecule has 3 nitrogen and oxygen atoms in total. The van der Waals surface area contributed by atoms with Crippen molar-refractivity contribution in [2.45, 2.75) is 0 Å².